The van der Waals surface area contributed by atoms with E-state index in [9.17, 15) is 4.79 Å². The molecule has 2 rings (SSSR count). The third-order valence-electron chi connectivity index (χ3n) is 3.35. The van der Waals surface area contributed by atoms with E-state index in [2.05, 4.69) is 23.6 Å². The van der Waals surface area contributed by atoms with E-state index in [1.807, 2.05) is 36.5 Å². The Morgan fingerprint density at radius 1 is 1.11 bits per heavy atom. The molecule has 0 atom stereocenters. The van der Waals surface area contributed by atoms with Crippen LogP contribution in [0.25, 0.3) is 0 Å². The third kappa shape index (κ3) is 3.82. The monoisotopic (exact) mass is 255 g/mol. The smallest absolute Gasteiger partial charge is 0.179 e. The van der Waals surface area contributed by atoms with Gasteiger partial charge in [-0.25, -0.2) is 0 Å². The van der Waals surface area contributed by atoms with Gasteiger partial charge in [-0.3, -0.25) is 4.79 Å². The largest absolute Gasteiger partial charge is 0.345 e. The zero-order chi connectivity index (χ0) is 13.5. The minimum atomic E-state index is 0.241. The molecule has 0 saturated carbocycles. The van der Waals surface area contributed by atoms with Gasteiger partial charge in [-0.15, -0.1) is 0 Å². The van der Waals surface area contributed by atoms with Gasteiger partial charge in [-0.05, 0) is 30.5 Å². The molecule has 0 aliphatic heterocycles. The van der Waals surface area contributed by atoms with Gasteiger partial charge in [0.15, 0.2) is 5.78 Å². The van der Waals surface area contributed by atoms with Crippen LogP contribution >= 0.6 is 0 Å². The predicted molar refractivity (Wildman–Crippen MR) is 78.4 cm³/mol. The van der Waals surface area contributed by atoms with Crippen LogP contribution in [0.1, 0.15) is 42.2 Å². The van der Waals surface area contributed by atoms with Crippen molar-refractivity contribution in [3.8, 4) is 0 Å². The lowest BCUT2D eigenvalue weighted by molar-refractivity contribution is 0.0973. The second-order valence-electron chi connectivity index (χ2n) is 4.85. The summed E-state index contributed by atoms with van der Waals surface area (Å²) in [5.74, 6) is 0.241. The first-order chi connectivity index (χ1) is 9.31. The number of aryl methyl sites for hydroxylation is 2. The van der Waals surface area contributed by atoms with Crippen LogP contribution < -0.4 is 0 Å². The van der Waals surface area contributed by atoms with E-state index in [0.29, 0.717) is 6.42 Å². The molecule has 0 N–H and O–H groups in total. The fraction of sp³-hybridized carbons (Fsp3) is 0.353. The number of rotatable bonds is 7. The highest BCUT2D eigenvalue weighted by atomic mass is 16.1. The molecule has 0 spiro atoms. The summed E-state index contributed by atoms with van der Waals surface area (Å²) in [5, 5.41) is 0. The molecule has 1 aromatic heterocycles. The van der Waals surface area contributed by atoms with Crippen LogP contribution in [0.2, 0.25) is 0 Å². The second kappa shape index (κ2) is 6.93. The van der Waals surface area contributed by atoms with Crippen LogP contribution in [0.4, 0.5) is 0 Å². The molecular weight excluding hydrogens is 234 g/mol. The summed E-state index contributed by atoms with van der Waals surface area (Å²) in [5.41, 5.74) is 2.08. The van der Waals surface area contributed by atoms with Crippen molar-refractivity contribution in [2.24, 2.45) is 0 Å². The van der Waals surface area contributed by atoms with E-state index in [0.717, 1.165) is 31.5 Å². The van der Waals surface area contributed by atoms with Crippen LogP contribution in [0.3, 0.4) is 0 Å². The Balaban J connectivity index is 1.94. The number of nitrogens with zero attached hydrogens (tertiary/aromatic N) is 1. The molecule has 0 radical (unpaired) electrons. The maximum atomic E-state index is 12.2. The van der Waals surface area contributed by atoms with E-state index in [1.54, 1.807) is 0 Å². The van der Waals surface area contributed by atoms with Crippen molar-refractivity contribution in [3.05, 3.63) is 59.9 Å². The summed E-state index contributed by atoms with van der Waals surface area (Å²) in [6.45, 7) is 3.11. The molecule has 0 fully saturated rings. The lowest BCUT2D eigenvalue weighted by Gasteiger charge is -2.07. The van der Waals surface area contributed by atoms with Crippen molar-refractivity contribution in [2.75, 3.05) is 0 Å². The first kappa shape index (κ1) is 13.6. The Kier molecular flexibility index (Phi) is 4.96. The lowest BCUT2D eigenvalue weighted by atomic mass is 10.1. The van der Waals surface area contributed by atoms with E-state index in [-0.39, 0.29) is 5.78 Å². The first-order valence-corrected chi connectivity index (χ1v) is 7.03. The number of benzene rings is 1. The van der Waals surface area contributed by atoms with Crippen LogP contribution in [-0.2, 0) is 13.0 Å². The molecule has 0 aliphatic carbocycles. The summed E-state index contributed by atoms with van der Waals surface area (Å²) in [6, 6.07) is 14.1. The van der Waals surface area contributed by atoms with Gasteiger partial charge in [-0.1, -0.05) is 43.7 Å². The van der Waals surface area contributed by atoms with Crippen LogP contribution in [0, 0.1) is 0 Å². The zero-order valence-corrected chi connectivity index (χ0v) is 11.5. The highest BCUT2D eigenvalue weighted by molar-refractivity contribution is 5.94. The number of unbranched alkanes of at least 4 members (excludes halogenated alkanes) is 1. The zero-order valence-electron chi connectivity index (χ0n) is 11.5. The Hall–Kier alpha value is -1.83. The molecule has 0 saturated heterocycles. The SMILES string of the molecule is CCCCn1cccc1C(=O)CCc1ccccc1. The fourth-order valence-electron chi connectivity index (χ4n) is 2.22. The van der Waals surface area contributed by atoms with Crippen molar-refractivity contribution in [2.45, 2.75) is 39.2 Å². The van der Waals surface area contributed by atoms with Crippen LogP contribution in [0.15, 0.2) is 48.7 Å². The Labute approximate surface area is 115 Å². The van der Waals surface area contributed by atoms with Crippen molar-refractivity contribution in [3.63, 3.8) is 0 Å². The van der Waals surface area contributed by atoms with Crippen molar-refractivity contribution in [1.29, 1.82) is 0 Å². The maximum Gasteiger partial charge on any atom is 0.179 e. The number of ketones is 1. The number of hydrogen-bond acceptors (Lipinski definition) is 1. The predicted octanol–water partition coefficient (Wildman–Crippen LogP) is 4.10. The molecule has 1 aromatic carbocycles. The Morgan fingerprint density at radius 2 is 1.89 bits per heavy atom. The minimum Gasteiger partial charge on any atom is -0.345 e. The average Bonchev–Trinajstić information content (AvgIpc) is 2.92. The van der Waals surface area contributed by atoms with Gasteiger partial charge >= 0.3 is 0 Å². The lowest BCUT2D eigenvalue weighted by Crippen LogP contribution is -2.09. The van der Waals surface area contributed by atoms with E-state index in [4.69, 9.17) is 0 Å². The van der Waals surface area contributed by atoms with Crippen LogP contribution in [0.5, 0.6) is 0 Å². The van der Waals surface area contributed by atoms with Gasteiger partial charge < -0.3 is 4.57 Å². The number of Topliss-reactive ketones (excluding diaryl/α,β-unsaturated/α-hetero) is 1. The average molecular weight is 255 g/mol. The van der Waals surface area contributed by atoms with Gasteiger partial charge in [0, 0.05) is 19.2 Å². The highest BCUT2D eigenvalue weighted by Crippen LogP contribution is 2.10. The number of hydrogen-bond donors (Lipinski definition) is 0. The van der Waals surface area contributed by atoms with Crippen molar-refractivity contribution < 1.29 is 4.79 Å². The summed E-state index contributed by atoms with van der Waals surface area (Å²) >= 11 is 0. The number of carbonyl (C=O) groups is 1. The summed E-state index contributed by atoms with van der Waals surface area (Å²) in [4.78, 5) is 12.2. The molecule has 0 bridgehead atoms. The van der Waals surface area contributed by atoms with Crippen molar-refractivity contribution >= 4 is 5.78 Å². The first-order valence-electron chi connectivity index (χ1n) is 7.03. The highest BCUT2D eigenvalue weighted by Gasteiger charge is 2.10. The van der Waals surface area contributed by atoms with Crippen LogP contribution in [-0.4, -0.2) is 10.4 Å². The minimum absolute atomic E-state index is 0.241. The molecule has 19 heavy (non-hydrogen) atoms. The molecular formula is C17H21NO. The van der Waals surface area contributed by atoms with Gasteiger partial charge in [0.05, 0.1) is 5.69 Å². The number of carbonyl (C=O) groups excluding carboxylic acids is 1. The van der Waals surface area contributed by atoms with Gasteiger partial charge in [0.2, 0.25) is 0 Å². The summed E-state index contributed by atoms with van der Waals surface area (Å²) < 4.78 is 2.08. The van der Waals surface area contributed by atoms with E-state index in [1.165, 1.54) is 5.56 Å². The topological polar surface area (TPSA) is 22.0 Å². The normalized spacial score (nSPS) is 10.6. The molecule has 0 unspecified atom stereocenters. The second-order valence-corrected chi connectivity index (χ2v) is 4.85. The Morgan fingerprint density at radius 3 is 2.63 bits per heavy atom. The molecule has 2 heteroatoms. The van der Waals surface area contributed by atoms with Gasteiger partial charge in [-0.2, -0.15) is 0 Å². The fourth-order valence-corrected chi connectivity index (χ4v) is 2.22. The van der Waals surface area contributed by atoms with Crippen molar-refractivity contribution in [1.82, 2.24) is 4.57 Å². The van der Waals surface area contributed by atoms with Gasteiger partial charge in [0.1, 0.15) is 0 Å². The molecule has 100 valence electrons. The molecule has 2 nitrogen and oxygen atoms in total. The standard InChI is InChI=1S/C17H21NO/c1-2-3-13-18-14-7-10-16(18)17(19)12-11-15-8-5-4-6-9-15/h4-10,14H,2-3,11-13H2,1H3. The maximum absolute atomic E-state index is 12.2. The van der Waals surface area contributed by atoms with Gasteiger partial charge in [0.25, 0.3) is 0 Å². The summed E-state index contributed by atoms with van der Waals surface area (Å²) in [7, 11) is 0. The number of aromatic nitrogens is 1. The third-order valence-corrected chi connectivity index (χ3v) is 3.35. The van der Waals surface area contributed by atoms with E-state index >= 15 is 0 Å². The molecule has 0 amide bonds. The molecule has 0 aliphatic rings. The Bertz CT molecular complexity index is 513. The molecule has 2 aromatic rings. The quantitative estimate of drug-likeness (QED) is 0.683. The van der Waals surface area contributed by atoms with E-state index < -0.39 is 0 Å². The molecule has 1 heterocycles. The summed E-state index contributed by atoms with van der Waals surface area (Å²) in [6.07, 6.45) is 5.67.